The molecule has 0 unspecified atom stereocenters. The van der Waals surface area contributed by atoms with Crippen molar-refractivity contribution < 1.29 is 32.3 Å². The highest BCUT2D eigenvalue weighted by atomic mass is 79.9. The van der Waals surface area contributed by atoms with Crippen molar-refractivity contribution in [3.63, 3.8) is 0 Å². The van der Waals surface area contributed by atoms with Crippen LogP contribution in [0.2, 0.25) is 0 Å². The van der Waals surface area contributed by atoms with Crippen LogP contribution in [0.4, 0.5) is 18.2 Å². The van der Waals surface area contributed by atoms with Crippen molar-refractivity contribution in [2.45, 2.75) is 45.3 Å². The minimum atomic E-state index is -4.68. The number of carbonyl (C=O) groups is 3. The Labute approximate surface area is 187 Å². The number of hydrogen-bond donors (Lipinski definition) is 2. The Hall–Kier alpha value is -2.41. The van der Waals surface area contributed by atoms with Gasteiger partial charge in [0.2, 0.25) is 5.91 Å². The van der Waals surface area contributed by atoms with Crippen molar-refractivity contribution in [2.75, 3.05) is 11.9 Å². The SMILES string of the molecule is CCOC(=O)c1c(NC(=O)Cn2nc(C(F)(F)F)c(Br)c2C2CC2)sc(C(N)=O)c1C. The molecule has 0 atom stereocenters. The molecule has 2 amide bonds. The van der Waals surface area contributed by atoms with Gasteiger partial charge in [0.05, 0.1) is 27.2 Å². The summed E-state index contributed by atoms with van der Waals surface area (Å²) in [5.74, 6) is -2.37. The van der Waals surface area contributed by atoms with Gasteiger partial charge < -0.3 is 15.8 Å². The van der Waals surface area contributed by atoms with Crippen LogP contribution in [0.15, 0.2) is 4.47 Å². The van der Waals surface area contributed by atoms with E-state index >= 15 is 0 Å². The highest BCUT2D eigenvalue weighted by Crippen LogP contribution is 2.47. The summed E-state index contributed by atoms with van der Waals surface area (Å²) in [6, 6.07) is 0. The fourth-order valence-electron chi connectivity index (χ4n) is 3.09. The van der Waals surface area contributed by atoms with Crippen molar-refractivity contribution in [3.8, 4) is 0 Å². The Morgan fingerprint density at radius 1 is 1.35 bits per heavy atom. The van der Waals surface area contributed by atoms with Crippen LogP contribution in [0.1, 0.15) is 62.7 Å². The molecule has 0 saturated heterocycles. The van der Waals surface area contributed by atoms with Gasteiger partial charge in [0, 0.05) is 5.92 Å². The summed E-state index contributed by atoms with van der Waals surface area (Å²) >= 11 is 3.76. The van der Waals surface area contributed by atoms with E-state index in [4.69, 9.17) is 10.5 Å². The molecule has 168 valence electrons. The third kappa shape index (κ3) is 4.76. The van der Waals surface area contributed by atoms with Gasteiger partial charge in [0.25, 0.3) is 5.91 Å². The van der Waals surface area contributed by atoms with Gasteiger partial charge in [0.1, 0.15) is 11.5 Å². The van der Waals surface area contributed by atoms with E-state index in [1.807, 2.05) is 0 Å². The minimum absolute atomic E-state index is 0.0194. The molecular weight excluding hydrogens is 505 g/mol. The first-order chi connectivity index (χ1) is 14.5. The van der Waals surface area contributed by atoms with Crippen molar-refractivity contribution in [2.24, 2.45) is 5.73 Å². The number of nitrogens with one attached hydrogen (secondary N) is 1. The average molecular weight is 523 g/mol. The summed E-state index contributed by atoms with van der Waals surface area (Å²) in [6.45, 7) is 2.65. The molecule has 13 heteroatoms. The van der Waals surface area contributed by atoms with E-state index in [-0.39, 0.29) is 38.0 Å². The fraction of sp³-hybridized carbons (Fsp3) is 0.444. The second kappa shape index (κ2) is 8.61. The number of hydrogen-bond acceptors (Lipinski definition) is 6. The zero-order chi connectivity index (χ0) is 23.1. The van der Waals surface area contributed by atoms with Crippen molar-refractivity contribution >= 4 is 50.1 Å². The van der Waals surface area contributed by atoms with Gasteiger partial charge >= 0.3 is 12.1 Å². The van der Waals surface area contributed by atoms with Crippen LogP contribution < -0.4 is 11.1 Å². The molecule has 0 spiro atoms. The second-order valence-electron chi connectivity index (χ2n) is 6.87. The number of anilines is 1. The zero-order valence-corrected chi connectivity index (χ0v) is 18.8. The standard InChI is InChI=1S/C18H18BrF3N4O4S/c1-3-30-17(29)10-7(2)13(15(23)28)31-16(10)24-9(27)6-26-12(8-4-5-8)11(19)14(25-26)18(20,21)22/h8H,3-6H2,1-2H3,(H2,23,28)(H,24,27). The molecule has 1 aliphatic rings. The number of ether oxygens (including phenoxy) is 1. The molecule has 1 saturated carbocycles. The number of carbonyl (C=O) groups excluding carboxylic acids is 3. The molecule has 0 bridgehead atoms. The molecule has 2 heterocycles. The number of nitrogens with zero attached hydrogens (tertiary/aromatic N) is 2. The number of esters is 1. The van der Waals surface area contributed by atoms with Crippen LogP contribution in [0.3, 0.4) is 0 Å². The Balaban J connectivity index is 1.91. The van der Waals surface area contributed by atoms with Gasteiger partial charge in [-0.15, -0.1) is 11.3 Å². The lowest BCUT2D eigenvalue weighted by Crippen LogP contribution is -2.22. The van der Waals surface area contributed by atoms with Crippen LogP contribution in [0, 0.1) is 6.92 Å². The first kappa shape index (κ1) is 23.3. The summed E-state index contributed by atoms with van der Waals surface area (Å²) < 4.78 is 45.6. The number of halogens is 4. The first-order valence-corrected chi connectivity index (χ1v) is 10.8. The van der Waals surface area contributed by atoms with Gasteiger partial charge in [0.15, 0.2) is 5.69 Å². The maximum Gasteiger partial charge on any atom is 0.436 e. The number of thiophene rings is 1. The van der Waals surface area contributed by atoms with Crippen LogP contribution in [-0.4, -0.2) is 34.2 Å². The van der Waals surface area contributed by atoms with Gasteiger partial charge in [-0.05, 0) is 48.2 Å². The lowest BCUT2D eigenvalue weighted by atomic mass is 10.1. The number of aromatic nitrogens is 2. The Morgan fingerprint density at radius 2 is 2.00 bits per heavy atom. The minimum Gasteiger partial charge on any atom is -0.462 e. The van der Waals surface area contributed by atoms with Crippen molar-refractivity contribution in [3.05, 3.63) is 31.9 Å². The molecular formula is C18H18BrF3N4O4S. The van der Waals surface area contributed by atoms with E-state index in [2.05, 4.69) is 26.3 Å². The van der Waals surface area contributed by atoms with Gasteiger partial charge in [-0.1, -0.05) is 0 Å². The predicted octanol–water partition coefficient (Wildman–Crippen LogP) is 3.83. The van der Waals surface area contributed by atoms with Crippen LogP contribution in [0.25, 0.3) is 0 Å². The van der Waals surface area contributed by atoms with Gasteiger partial charge in [-0.3, -0.25) is 14.3 Å². The molecule has 0 radical (unpaired) electrons. The number of nitrogens with two attached hydrogens (primary N) is 1. The topological polar surface area (TPSA) is 116 Å². The molecule has 3 rings (SSSR count). The lowest BCUT2D eigenvalue weighted by Gasteiger charge is -2.09. The summed E-state index contributed by atoms with van der Waals surface area (Å²) in [5, 5.41) is 6.10. The van der Waals surface area contributed by atoms with Gasteiger partial charge in [-0.25, -0.2) is 4.79 Å². The third-order valence-electron chi connectivity index (χ3n) is 4.56. The number of primary amides is 1. The lowest BCUT2D eigenvalue weighted by molar-refractivity contribution is -0.142. The number of rotatable bonds is 7. The van der Waals surface area contributed by atoms with Gasteiger partial charge in [-0.2, -0.15) is 18.3 Å². The van der Waals surface area contributed by atoms with E-state index < -0.39 is 36.2 Å². The molecule has 31 heavy (non-hydrogen) atoms. The van der Waals surface area contributed by atoms with E-state index in [1.165, 1.54) is 6.92 Å². The first-order valence-electron chi connectivity index (χ1n) is 9.19. The van der Waals surface area contributed by atoms with E-state index in [1.54, 1.807) is 6.92 Å². The molecule has 0 aromatic carbocycles. The third-order valence-corrected chi connectivity index (χ3v) is 6.56. The molecule has 1 fully saturated rings. The molecule has 0 aliphatic heterocycles. The largest absolute Gasteiger partial charge is 0.462 e. The number of alkyl halides is 3. The highest BCUT2D eigenvalue weighted by Gasteiger charge is 2.42. The summed E-state index contributed by atoms with van der Waals surface area (Å²) in [7, 11) is 0. The summed E-state index contributed by atoms with van der Waals surface area (Å²) in [6.07, 6.45) is -3.28. The highest BCUT2D eigenvalue weighted by molar-refractivity contribution is 9.10. The van der Waals surface area contributed by atoms with Crippen molar-refractivity contribution in [1.29, 1.82) is 0 Å². The second-order valence-corrected chi connectivity index (χ2v) is 8.68. The Morgan fingerprint density at radius 3 is 2.52 bits per heavy atom. The summed E-state index contributed by atoms with van der Waals surface area (Å²) in [4.78, 5) is 36.7. The molecule has 3 N–H and O–H groups in total. The smallest absolute Gasteiger partial charge is 0.436 e. The van der Waals surface area contributed by atoms with E-state index in [9.17, 15) is 27.6 Å². The predicted molar refractivity (Wildman–Crippen MR) is 109 cm³/mol. The molecule has 2 aromatic heterocycles. The van der Waals surface area contributed by atoms with Crippen molar-refractivity contribution in [1.82, 2.24) is 9.78 Å². The average Bonchev–Trinajstić information content (AvgIpc) is 3.34. The number of amides is 2. The quantitative estimate of drug-likeness (QED) is 0.536. The molecule has 2 aromatic rings. The summed E-state index contributed by atoms with van der Waals surface area (Å²) in [5.41, 5.74) is 4.76. The van der Waals surface area contributed by atoms with E-state index in [0.29, 0.717) is 18.5 Å². The zero-order valence-electron chi connectivity index (χ0n) is 16.4. The Bertz CT molecular complexity index is 1060. The van der Waals surface area contributed by atoms with Crippen LogP contribution >= 0.6 is 27.3 Å². The van der Waals surface area contributed by atoms with E-state index in [0.717, 1.165) is 16.0 Å². The maximum atomic E-state index is 13.2. The maximum absolute atomic E-state index is 13.2. The normalized spacial score (nSPS) is 13.9. The monoisotopic (exact) mass is 522 g/mol. The molecule has 8 nitrogen and oxygen atoms in total. The molecule has 1 aliphatic carbocycles. The Kier molecular flexibility index (Phi) is 6.46. The van der Waals surface area contributed by atoms with Crippen LogP contribution in [-0.2, 0) is 22.3 Å². The fourth-order valence-corrected chi connectivity index (χ4v) is 4.99. The van der Waals surface area contributed by atoms with Crippen LogP contribution in [0.5, 0.6) is 0 Å².